The van der Waals surface area contributed by atoms with Crippen LogP contribution in [0.1, 0.15) is 34.3 Å². The van der Waals surface area contributed by atoms with Crippen LogP contribution in [0.3, 0.4) is 0 Å². The van der Waals surface area contributed by atoms with E-state index < -0.39 is 21.7 Å². The molecule has 5 aromatic rings. The molecule has 0 unspecified atom stereocenters. The number of rotatable bonds is 11. The molecule has 0 aliphatic heterocycles. The fourth-order valence-electron chi connectivity index (χ4n) is 4.90. The molecule has 0 bridgehead atoms. The molecular weight excluding hydrogens is 718 g/mol. The number of benzene rings is 2. The van der Waals surface area contributed by atoms with Gasteiger partial charge in [0.05, 0.1) is 23.2 Å². The Morgan fingerprint density at radius 1 is 0.918 bits per heavy atom. The SMILES string of the molecule is CNC(=O)c1c(-c2ccc(F)cc2)oc2cc(N(C)S(C)(=O)=O)c(-c3ccc(CCCO)c(Cl)n3)cc12.OCCCc1ccc(Cl)nc1Cl. The van der Waals surface area contributed by atoms with Gasteiger partial charge < -0.3 is 19.9 Å². The summed E-state index contributed by atoms with van der Waals surface area (Å²) in [6.45, 7) is 0.177. The number of aryl methyl sites for hydroxylation is 2. The quantitative estimate of drug-likeness (QED) is 0.123. The Labute approximate surface area is 298 Å². The summed E-state index contributed by atoms with van der Waals surface area (Å²) < 4.78 is 45.7. The number of anilines is 1. The van der Waals surface area contributed by atoms with Crippen molar-refractivity contribution < 1.29 is 32.2 Å². The van der Waals surface area contributed by atoms with Gasteiger partial charge in [-0.25, -0.2) is 22.8 Å². The van der Waals surface area contributed by atoms with Gasteiger partial charge in [0.25, 0.3) is 5.91 Å². The number of aliphatic hydroxyl groups is 2. The summed E-state index contributed by atoms with van der Waals surface area (Å²) >= 11 is 17.8. The van der Waals surface area contributed by atoms with Gasteiger partial charge in [-0.15, -0.1) is 0 Å². The molecule has 3 aromatic heterocycles. The van der Waals surface area contributed by atoms with Crippen LogP contribution in [0.15, 0.2) is 65.1 Å². The number of pyridine rings is 2. The Bertz CT molecular complexity index is 2060. The molecule has 0 saturated carbocycles. The average molecular weight is 752 g/mol. The first-order chi connectivity index (χ1) is 23.3. The predicted octanol–water partition coefficient (Wildman–Crippen LogP) is 6.95. The molecule has 49 heavy (non-hydrogen) atoms. The number of furan rings is 1. The maximum Gasteiger partial charge on any atom is 0.255 e. The molecular formula is C34H34Cl3FN4O6S. The zero-order valence-corrected chi connectivity index (χ0v) is 29.9. The number of aromatic nitrogens is 2. The van der Waals surface area contributed by atoms with E-state index in [2.05, 4.69) is 15.3 Å². The van der Waals surface area contributed by atoms with Crippen LogP contribution in [0, 0.1) is 5.82 Å². The van der Waals surface area contributed by atoms with Gasteiger partial charge in [-0.05, 0) is 79.3 Å². The number of amides is 1. The number of nitrogens with one attached hydrogen (secondary N) is 1. The molecule has 10 nitrogen and oxygen atoms in total. The number of sulfonamides is 1. The smallest absolute Gasteiger partial charge is 0.255 e. The Hall–Kier alpha value is -3.78. The van der Waals surface area contributed by atoms with Crippen LogP contribution in [0.2, 0.25) is 15.5 Å². The maximum atomic E-state index is 13.6. The minimum atomic E-state index is -3.68. The normalized spacial score (nSPS) is 11.3. The summed E-state index contributed by atoms with van der Waals surface area (Å²) in [4.78, 5) is 21.3. The molecule has 1 amide bonds. The second kappa shape index (κ2) is 16.8. The van der Waals surface area contributed by atoms with E-state index in [9.17, 15) is 17.6 Å². The standard InChI is InChI=1S/C26H25ClFN3O5S.C8H9Cl2NO/c1-29-26(33)23-19-13-18(20-11-8-16(5-4-12-32)25(27)30-20)21(31(2)37(3,34)35)14-22(19)36-24(23)15-6-9-17(28)10-7-15;9-7-4-3-6(2-1-5-12)8(10)11-7/h6-11,13-14,32H,4-5,12H2,1-3H3,(H,29,33);3-4,12H,1-2,5H2. The number of carbonyl (C=O) groups excluding carboxylic acids is 1. The van der Waals surface area contributed by atoms with Crippen LogP contribution < -0.4 is 9.62 Å². The lowest BCUT2D eigenvalue weighted by molar-refractivity contribution is 0.0964. The van der Waals surface area contributed by atoms with Crippen molar-refractivity contribution in [2.75, 3.05) is 37.9 Å². The van der Waals surface area contributed by atoms with Crippen LogP contribution in [0.4, 0.5) is 10.1 Å². The van der Waals surface area contributed by atoms with Crippen LogP contribution in [0.25, 0.3) is 33.6 Å². The van der Waals surface area contributed by atoms with Crippen molar-refractivity contribution in [3.63, 3.8) is 0 Å². The first kappa shape index (κ1) is 38.0. The number of fused-ring (bicyclic) bond motifs is 1. The highest BCUT2D eigenvalue weighted by atomic mass is 35.5. The molecule has 3 N–H and O–H groups in total. The second-order valence-electron chi connectivity index (χ2n) is 10.9. The van der Waals surface area contributed by atoms with E-state index >= 15 is 0 Å². The van der Waals surface area contributed by atoms with Crippen molar-refractivity contribution in [2.45, 2.75) is 25.7 Å². The van der Waals surface area contributed by atoms with E-state index in [-0.39, 0.29) is 41.0 Å². The third kappa shape index (κ3) is 9.27. The lowest BCUT2D eigenvalue weighted by Gasteiger charge is -2.20. The molecule has 260 valence electrons. The third-order valence-electron chi connectivity index (χ3n) is 7.51. The zero-order chi connectivity index (χ0) is 35.9. The molecule has 0 aliphatic rings. The van der Waals surface area contributed by atoms with Crippen LogP contribution in [-0.4, -0.2) is 68.1 Å². The third-order valence-corrected chi connectivity index (χ3v) is 9.56. The van der Waals surface area contributed by atoms with Gasteiger partial charge in [-0.2, -0.15) is 0 Å². The van der Waals surface area contributed by atoms with E-state index in [4.69, 9.17) is 49.4 Å². The van der Waals surface area contributed by atoms with E-state index in [1.54, 1.807) is 24.3 Å². The first-order valence-electron chi connectivity index (χ1n) is 15.0. The molecule has 5 rings (SSSR count). The average Bonchev–Trinajstić information content (AvgIpc) is 3.44. The summed E-state index contributed by atoms with van der Waals surface area (Å²) in [5.74, 6) is -0.658. The summed E-state index contributed by atoms with van der Waals surface area (Å²) in [6, 6.07) is 15.7. The maximum absolute atomic E-state index is 13.6. The Morgan fingerprint density at radius 2 is 1.51 bits per heavy atom. The lowest BCUT2D eigenvalue weighted by Crippen LogP contribution is -2.25. The fourth-order valence-corrected chi connectivity index (χ4v) is 6.09. The molecule has 0 radical (unpaired) electrons. The lowest BCUT2D eigenvalue weighted by atomic mass is 10.0. The first-order valence-corrected chi connectivity index (χ1v) is 18.0. The number of hydrogen-bond acceptors (Lipinski definition) is 8. The second-order valence-corrected chi connectivity index (χ2v) is 14.0. The minimum absolute atomic E-state index is 0.0111. The van der Waals surface area contributed by atoms with Crippen molar-refractivity contribution in [3.05, 3.63) is 98.6 Å². The number of nitrogens with zero attached hydrogens (tertiary/aromatic N) is 3. The highest BCUT2D eigenvalue weighted by molar-refractivity contribution is 7.92. The fraction of sp³-hybridized carbons (Fsp3) is 0.265. The summed E-state index contributed by atoms with van der Waals surface area (Å²) in [5.41, 5.74) is 3.68. The van der Waals surface area contributed by atoms with Crippen LogP contribution >= 0.6 is 34.8 Å². The largest absolute Gasteiger partial charge is 0.455 e. The van der Waals surface area contributed by atoms with Crippen molar-refractivity contribution in [2.24, 2.45) is 0 Å². The monoisotopic (exact) mass is 750 g/mol. The molecule has 0 atom stereocenters. The molecule has 0 saturated heterocycles. The van der Waals surface area contributed by atoms with Gasteiger partial charge in [-0.3, -0.25) is 9.10 Å². The topological polar surface area (TPSA) is 146 Å². The molecule has 2 aromatic carbocycles. The van der Waals surface area contributed by atoms with Crippen molar-refractivity contribution in [3.8, 4) is 22.6 Å². The molecule has 0 aliphatic carbocycles. The van der Waals surface area contributed by atoms with Gasteiger partial charge >= 0.3 is 0 Å². The molecule has 0 spiro atoms. The van der Waals surface area contributed by atoms with Gasteiger partial charge in [0, 0.05) is 49.9 Å². The Balaban J connectivity index is 0.000000380. The summed E-state index contributed by atoms with van der Waals surface area (Å²) in [7, 11) is -0.800. The van der Waals surface area contributed by atoms with Crippen LogP contribution in [-0.2, 0) is 22.9 Å². The highest BCUT2D eigenvalue weighted by Crippen LogP contribution is 2.41. The number of carbonyl (C=O) groups is 1. The number of aliphatic hydroxyl groups excluding tert-OH is 2. The molecule has 15 heteroatoms. The molecule has 0 fully saturated rings. The van der Waals surface area contributed by atoms with Crippen LogP contribution in [0.5, 0.6) is 0 Å². The van der Waals surface area contributed by atoms with Gasteiger partial charge in [0.1, 0.15) is 32.6 Å². The van der Waals surface area contributed by atoms with E-state index in [0.717, 1.165) is 28.1 Å². The van der Waals surface area contributed by atoms with Crippen molar-refractivity contribution >= 4 is 67.4 Å². The summed E-state index contributed by atoms with van der Waals surface area (Å²) in [6.07, 6.45) is 3.55. The van der Waals surface area contributed by atoms with Gasteiger partial charge in [0.2, 0.25) is 10.0 Å². The van der Waals surface area contributed by atoms with Crippen molar-refractivity contribution in [1.82, 2.24) is 15.3 Å². The number of hydrogen-bond donors (Lipinski definition) is 3. The van der Waals surface area contributed by atoms with E-state index in [0.29, 0.717) is 51.8 Å². The van der Waals surface area contributed by atoms with E-state index in [1.165, 1.54) is 44.4 Å². The number of halogens is 4. The Kier molecular flexibility index (Phi) is 13.0. The van der Waals surface area contributed by atoms with Gasteiger partial charge in [-0.1, -0.05) is 46.9 Å². The minimum Gasteiger partial charge on any atom is -0.455 e. The Morgan fingerprint density at radius 3 is 2.04 bits per heavy atom. The van der Waals surface area contributed by atoms with Crippen molar-refractivity contribution in [1.29, 1.82) is 0 Å². The van der Waals surface area contributed by atoms with E-state index in [1.807, 2.05) is 6.07 Å². The predicted molar refractivity (Wildman–Crippen MR) is 192 cm³/mol. The zero-order valence-electron chi connectivity index (χ0n) is 26.8. The highest BCUT2D eigenvalue weighted by Gasteiger charge is 2.26. The molecule has 3 heterocycles. The summed E-state index contributed by atoms with van der Waals surface area (Å²) in [5, 5.41) is 21.8. The van der Waals surface area contributed by atoms with Gasteiger partial charge in [0.15, 0.2) is 0 Å².